The van der Waals surface area contributed by atoms with Crippen LogP contribution in [0.1, 0.15) is 28.3 Å². The highest BCUT2D eigenvalue weighted by Gasteiger charge is 2.62. The summed E-state index contributed by atoms with van der Waals surface area (Å²) >= 11 is 5.99. The highest BCUT2D eigenvalue weighted by Crippen LogP contribution is 2.51. The van der Waals surface area contributed by atoms with Gasteiger partial charge in [0.15, 0.2) is 0 Å². The quantitative estimate of drug-likeness (QED) is 0.911. The van der Waals surface area contributed by atoms with E-state index in [4.69, 9.17) is 11.6 Å². The predicted molar refractivity (Wildman–Crippen MR) is 83.1 cm³/mol. The summed E-state index contributed by atoms with van der Waals surface area (Å²) in [6.45, 7) is 0. The molecule has 0 aromatic heterocycles. The zero-order valence-electron chi connectivity index (χ0n) is 11.6. The van der Waals surface area contributed by atoms with Crippen molar-refractivity contribution in [1.82, 2.24) is 5.32 Å². The van der Waals surface area contributed by atoms with Gasteiger partial charge < -0.3 is 10.4 Å². The summed E-state index contributed by atoms with van der Waals surface area (Å²) in [7, 11) is 0. The van der Waals surface area contributed by atoms with Crippen LogP contribution in [-0.4, -0.2) is 22.5 Å². The van der Waals surface area contributed by atoms with Crippen LogP contribution in [0.15, 0.2) is 54.6 Å². The third-order valence-corrected chi connectivity index (χ3v) is 4.33. The van der Waals surface area contributed by atoms with E-state index in [0.717, 1.165) is 5.56 Å². The Morgan fingerprint density at radius 2 is 1.73 bits per heavy atom. The maximum atomic E-state index is 12.3. The summed E-state index contributed by atoms with van der Waals surface area (Å²) in [5.74, 6) is -1.72. The van der Waals surface area contributed by atoms with Crippen LogP contribution in [0.3, 0.4) is 0 Å². The SMILES string of the molecule is O=C(NC1(C(=O)O)CC1c1ccccc1)c1ccccc1Cl. The van der Waals surface area contributed by atoms with E-state index >= 15 is 0 Å². The van der Waals surface area contributed by atoms with E-state index in [1.54, 1.807) is 24.3 Å². The first-order valence-corrected chi connectivity index (χ1v) is 7.28. The minimum absolute atomic E-state index is 0.224. The summed E-state index contributed by atoms with van der Waals surface area (Å²) in [4.78, 5) is 24.0. The fourth-order valence-corrected chi connectivity index (χ4v) is 2.92. The summed E-state index contributed by atoms with van der Waals surface area (Å²) in [5, 5.41) is 12.5. The van der Waals surface area contributed by atoms with Crippen LogP contribution in [0, 0.1) is 0 Å². The molecule has 2 unspecified atom stereocenters. The Hall–Kier alpha value is -2.33. The number of carbonyl (C=O) groups is 2. The van der Waals surface area contributed by atoms with Crippen LogP contribution in [0.4, 0.5) is 0 Å². The van der Waals surface area contributed by atoms with Gasteiger partial charge in [-0.05, 0) is 24.1 Å². The molecule has 22 heavy (non-hydrogen) atoms. The number of carboxylic acid groups (broad SMARTS) is 1. The Kier molecular flexibility index (Phi) is 3.62. The van der Waals surface area contributed by atoms with Gasteiger partial charge >= 0.3 is 5.97 Å². The molecule has 1 saturated carbocycles. The molecule has 3 rings (SSSR count). The van der Waals surface area contributed by atoms with E-state index in [0.29, 0.717) is 11.4 Å². The fraction of sp³-hybridized carbons (Fsp3) is 0.176. The summed E-state index contributed by atoms with van der Waals surface area (Å²) < 4.78 is 0. The zero-order chi connectivity index (χ0) is 15.7. The Bertz CT molecular complexity index is 732. The molecule has 4 nitrogen and oxygen atoms in total. The number of hydrogen-bond acceptors (Lipinski definition) is 2. The maximum Gasteiger partial charge on any atom is 0.330 e. The first-order chi connectivity index (χ1) is 10.5. The molecular formula is C17H14ClNO3. The molecular weight excluding hydrogens is 302 g/mol. The molecule has 1 amide bonds. The molecule has 2 aromatic rings. The number of carboxylic acids is 1. The highest BCUT2D eigenvalue weighted by molar-refractivity contribution is 6.33. The molecule has 1 aliphatic rings. The number of aliphatic carboxylic acids is 1. The average molecular weight is 316 g/mol. The molecule has 2 aromatic carbocycles. The summed E-state index contributed by atoms with van der Waals surface area (Å²) in [6, 6.07) is 15.9. The lowest BCUT2D eigenvalue weighted by atomic mass is 10.1. The van der Waals surface area contributed by atoms with Gasteiger partial charge in [-0.2, -0.15) is 0 Å². The third-order valence-electron chi connectivity index (χ3n) is 4.00. The zero-order valence-corrected chi connectivity index (χ0v) is 12.4. The predicted octanol–water partition coefficient (Wildman–Crippen LogP) is 3.08. The van der Waals surface area contributed by atoms with Crippen molar-refractivity contribution in [2.24, 2.45) is 0 Å². The Balaban J connectivity index is 1.85. The lowest BCUT2D eigenvalue weighted by Crippen LogP contribution is -2.44. The molecule has 0 radical (unpaired) electrons. The van der Waals surface area contributed by atoms with Gasteiger partial charge in [0.25, 0.3) is 5.91 Å². The number of hydrogen-bond donors (Lipinski definition) is 2. The van der Waals surface area contributed by atoms with Crippen molar-refractivity contribution in [2.45, 2.75) is 17.9 Å². The summed E-state index contributed by atoms with van der Waals surface area (Å²) in [6.07, 6.45) is 0.378. The van der Waals surface area contributed by atoms with E-state index in [2.05, 4.69) is 5.32 Å². The topological polar surface area (TPSA) is 66.4 Å². The molecule has 0 spiro atoms. The monoisotopic (exact) mass is 315 g/mol. The minimum atomic E-state index is -1.25. The van der Waals surface area contributed by atoms with Crippen LogP contribution in [0.5, 0.6) is 0 Å². The lowest BCUT2D eigenvalue weighted by molar-refractivity contribution is -0.140. The Labute approximate surface area is 132 Å². The smallest absolute Gasteiger partial charge is 0.330 e. The molecule has 2 atom stereocenters. The maximum absolute atomic E-state index is 12.3. The van der Waals surface area contributed by atoms with E-state index in [9.17, 15) is 14.7 Å². The molecule has 0 aliphatic heterocycles. The van der Waals surface area contributed by atoms with Gasteiger partial charge in [-0.1, -0.05) is 54.1 Å². The number of nitrogens with one attached hydrogen (secondary N) is 1. The highest BCUT2D eigenvalue weighted by atomic mass is 35.5. The molecule has 1 fully saturated rings. The second-order valence-corrected chi connectivity index (χ2v) is 5.79. The number of halogens is 1. The van der Waals surface area contributed by atoms with Crippen LogP contribution < -0.4 is 5.32 Å². The van der Waals surface area contributed by atoms with Gasteiger partial charge in [0.2, 0.25) is 0 Å². The Morgan fingerprint density at radius 1 is 1.09 bits per heavy atom. The van der Waals surface area contributed by atoms with Gasteiger partial charge in [0.05, 0.1) is 10.6 Å². The van der Waals surface area contributed by atoms with E-state index in [1.165, 1.54) is 0 Å². The van der Waals surface area contributed by atoms with Crippen molar-refractivity contribution >= 4 is 23.5 Å². The van der Waals surface area contributed by atoms with Crippen LogP contribution in [0.2, 0.25) is 5.02 Å². The average Bonchev–Trinajstić information content (AvgIpc) is 3.24. The molecule has 2 N–H and O–H groups in total. The molecule has 0 heterocycles. The molecule has 5 heteroatoms. The van der Waals surface area contributed by atoms with E-state index in [-0.39, 0.29) is 11.5 Å². The normalized spacial score (nSPS) is 22.9. The van der Waals surface area contributed by atoms with Gasteiger partial charge in [-0.15, -0.1) is 0 Å². The van der Waals surface area contributed by atoms with Gasteiger partial charge in [0, 0.05) is 5.92 Å². The molecule has 1 aliphatic carbocycles. The van der Waals surface area contributed by atoms with Crippen molar-refractivity contribution in [3.8, 4) is 0 Å². The van der Waals surface area contributed by atoms with Crippen LogP contribution in [0.25, 0.3) is 0 Å². The molecule has 112 valence electrons. The van der Waals surface area contributed by atoms with Crippen molar-refractivity contribution in [3.63, 3.8) is 0 Å². The van der Waals surface area contributed by atoms with Crippen molar-refractivity contribution in [3.05, 3.63) is 70.7 Å². The largest absolute Gasteiger partial charge is 0.479 e. The van der Waals surface area contributed by atoms with E-state index in [1.807, 2.05) is 30.3 Å². The summed E-state index contributed by atoms with van der Waals surface area (Å²) in [5.41, 5.74) is -0.0645. The Morgan fingerprint density at radius 3 is 2.36 bits per heavy atom. The number of benzene rings is 2. The van der Waals surface area contributed by atoms with Crippen molar-refractivity contribution in [1.29, 1.82) is 0 Å². The van der Waals surface area contributed by atoms with Crippen molar-refractivity contribution in [2.75, 3.05) is 0 Å². The van der Waals surface area contributed by atoms with Gasteiger partial charge in [-0.3, -0.25) is 4.79 Å². The van der Waals surface area contributed by atoms with Crippen LogP contribution in [-0.2, 0) is 4.79 Å². The second kappa shape index (κ2) is 5.46. The first-order valence-electron chi connectivity index (χ1n) is 6.90. The van der Waals surface area contributed by atoms with Crippen LogP contribution >= 0.6 is 11.6 Å². The first kappa shape index (κ1) is 14.6. The number of rotatable bonds is 4. The third kappa shape index (κ3) is 2.46. The minimum Gasteiger partial charge on any atom is -0.479 e. The molecule has 0 bridgehead atoms. The second-order valence-electron chi connectivity index (χ2n) is 5.38. The van der Waals surface area contributed by atoms with Gasteiger partial charge in [-0.25, -0.2) is 4.79 Å². The van der Waals surface area contributed by atoms with E-state index < -0.39 is 17.4 Å². The number of carbonyl (C=O) groups excluding carboxylic acids is 1. The number of amides is 1. The lowest BCUT2D eigenvalue weighted by Gasteiger charge is -2.15. The van der Waals surface area contributed by atoms with Gasteiger partial charge in [0.1, 0.15) is 5.54 Å². The molecule has 0 saturated heterocycles. The standard InChI is InChI=1S/C17H14ClNO3/c18-14-9-5-4-8-12(14)15(20)19-17(16(21)22)10-13(17)11-6-2-1-3-7-11/h1-9,13H,10H2,(H,19,20)(H,21,22). The van der Waals surface area contributed by atoms with Crippen molar-refractivity contribution < 1.29 is 14.7 Å². The fourth-order valence-electron chi connectivity index (χ4n) is 2.69.